The lowest BCUT2D eigenvalue weighted by atomic mass is 10.2. The van der Waals surface area contributed by atoms with Gasteiger partial charge in [0, 0.05) is 11.8 Å². The van der Waals surface area contributed by atoms with Gasteiger partial charge in [0.1, 0.15) is 41.0 Å². The summed E-state index contributed by atoms with van der Waals surface area (Å²) in [4.78, 5) is 19.9. The first-order valence-corrected chi connectivity index (χ1v) is 7.61. The van der Waals surface area contributed by atoms with Crippen LogP contribution in [-0.2, 0) is 0 Å². The van der Waals surface area contributed by atoms with E-state index in [9.17, 15) is 18.0 Å². The number of nitrogens with one attached hydrogen (secondary N) is 2. The quantitative estimate of drug-likeness (QED) is 0.699. The highest BCUT2D eigenvalue weighted by Crippen LogP contribution is 2.22. The van der Waals surface area contributed by atoms with Crippen LogP contribution in [0.25, 0.3) is 0 Å². The summed E-state index contributed by atoms with van der Waals surface area (Å²) < 4.78 is 40.4. The summed E-state index contributed by atoms with van der Waals surface area (Å²) >= 11 is 5.70. The number of amides is 1. The van der Waals surface area contributed by atoms with Gasteiger partial charge in [-0.1, -0.05) is 17.7 Å². The van der Waals surface area contributed by atoms with Crippen molar-refractivity contribution >= 4 is 34.7 Å². The third-order valence-corrected chi connectivity index (χ3v) is 3.58. The number of hydrogen-bond donors (Lipinski definition) is 2. The van der Waals surface area contributed by atoms with Crippen LogP contribution in [0.2, 0.25) is 5.02 Å². The van der Waals surface area contributed by atoms with Gasteiger partial charge in [0.2, 0.25) is 0 Å². The minimum Gasteiger partial charge on any atom is -0.340 e. The topological polar surface area (TPSA) is 66.9 Å². The molecule has 1 aromatic heterocycles. The predicted molar refractivity (Wildman–Crippen MR) is 91.0 cm³/mol. The van der Waals surface area contributed by atoms with E-state index in [2.05, 4.69) is 20.6 Å². The Balaban J connectivity index is 1.80. The van der Waals surface area contributed by atoms with E-state index < -0.39 is 29.0 Å². The van der Waals surface area contributed by atoms with Gasteiger partial charge in [-0.05, 0) is 30.3 Å². The minimum absolute atomic E-state index is 0.0861. The van der Waals surface area contributed by atoms with E-state index in [0.29, 0.717) is 5.69 Å². The first-order valence-electron chi connectivity index (χ1n) is 7.23. The zero-order valence-corrected chi connectivity index (χ0v) is 13.7. The van der Waals surface area contributed by atoms with Crippen molar-refractivity contribution in [3.05, 3.63) is 77.0 Å². The van der Waals surface area contributed by atoms with E-state index in [0.717, 1.165) is 18.5 Å². The number of hydrogen-bond acceptors (Lipinski definition) is 4. The standard InChI is InChI=1S/C17H10ClF3N4O/c18-10-6-9(4-5-11(10)19)24-15-7-14(22-8-23-15)17(26)25-16-12(20)2-1-3-13(16)21/h1-8H,(H,25,26)(H,22,23,24). The Morgan fingerprint density at radius 3 is 2.38 bits per heavy atom. The lowest BCUT2D eigenvalue weighted by Gasteiger charge is -2.09. The summed E-state index contributed by atoms with van der Waals surface area (Å²) in [5.74, 6) is -3.01. The van der Waals surface area contributed by atoms with Gasteiger partial charge >= 0.3 is 0 Å². The number of carbonyl (C=O) groups excluding carboxylic acids is 1. The molecule has 0 saturated carbocycles. The normalized spacial score (nSPS) is 10.5. The van der Waals surface area contributed by atoms with Crippen LogP contribution in [0, 0.1) is 17.5 Å². The van der Waals surface area contributed by atoms with Gasteiger partial charge in [0.05, 0.1) is 5.02 Å². The van der Waals surface area contributed by atoms with Crippen LogP contribution in [0.3, 0.4) is 0 Å². The second kappa shape index (κ2) is 7.40. The number of rotatable bonds is 4. The Morgan fingerprint density at radius 1 is 0.962 bits per heavy atom. The first-order chi connectivity index (χ1) is 12.4. The molecule has 3 aromatic rings. The molecule has 1 heterocycles. The van der Waals surface area contributed by atoms with Gasteiger partial charge in [-0.15, -0.1) is 0 Å². The van der Waals surface area contributed by atoms with Gasteiger partial charge in [-0.3, -0.25) is 4.79 Å². The van der Waals surface area contributed by atoms with Crippen LogP contribution in [-0.4, -0.2) is 15.9 Å². The molecule has 0 aliphatic carbocycles. The first kappa shape index (κ1) is 17.7. The van der Waals surface area contributed by atoms with Crippen molar-refractivity contribution in [3.8, 4) is 0 Å². The van der Waals surface area contributed by atoms with Gasteiger partial charge in [-0.2, -0.15) is 0 Å². The zero-order chi connectivity index (χ0) is 18.7. The highest BCUT2D eigenvalue weighted by atomic mass is 35.5. The smallest absolute Gasteiger partial charge is 0.274 e. The molecule has 3 rings (SSSR count). The van der Waals surface area contributed by atoms with Crippen LogP contribution < -0.4 is 10.6 Å². The summed E-state index contributed by atoms with van der Waals surface area (Å²) in [5.41, 5.74) is -0.268. The van der Waals surface area contributed by atoms with E-state index in [1.54, 1.807) is 0 Å². The molecule has 0 bridgehead atoms. The van der Waals surface area contributed by atoms with E-state index >= 15 is 0 Å². The molecule has 9 heteroatoms. The van der Waals surface area contributed by atoms with Gasteiger partial charge in [0.15, 0.2) is 0 Å². The van der Waals surface area contributed by atoms with Crippen molar-refractivity contribution in [2.45, 2.75) is 0 Å². The predicted octanol–water partition coefficient (Wildman–Crippen LogP) is 4.54. The highest BCUT2D eigenvalue weighted by Gasteiger charge is 2.15. The Hall–Kier alpha value is -3.13. The molecule has 132 valence electrons. The lowest BCUT2D eigenvalue weighted by molar-refractivity contribution is 0.102. The molecule has 0 atom stereocenters. The lowest BCUT2D eigenvalue weighted by Crippen LogP contribution is -2.16. The van der Waals surface area contributed by atoms with E-state index in [1.165, 1.54) is 30.3 Å². The zero-order valence-electron chi connectivity index (χ0n) is 12.9. The number of halogens is 4. The van der Waals surface area contributed by atoms with Gasteiger partial charge in [-0.25, -0.2) is 23.1 Å². The third kappa shape index (κ3) is 3.92. The molecule has 0 aliphatic rings. The van der Waals surface area contributed by atoms with E-state index in [1.807, 2.05) is 0 Å². The van der Waals surface area contributed by atoms with Crippen molar-refractivity contribution < 1.29 is 18.0 Å². The second-order valence-electron chi connectivity index (χ2n) is 5.09. The summed E-state index contributed by atoms with van der Waals surface area (Å²) in [6.07, 6.45) is 1.10. The summed E-state index contributed by atoms with van der Waals surface area (Å²) in [6, 6.07) is 8.42. The molecular weight excluding hydrogens is 369 g/mol. The molecule has 0 aliphatic heterocycles. The summed E-state index contributed by atoms with van der Waals surface area (Å²) in [5, 5.41) is 4.86. The van der Waals surface area contributed by atoms with Gasteiger partial charge in [0.25, 0.3) is 5.91 Å². The number of carbonyl (C=O) groups is 1. The molecule has 0 radical (unpaired) electrons. The van der Waals surface area contributed by atoms with Crippen molar-refractivity contribution in [3.63, 3.8) is 0 Å². The number of nitrogens with zero attached hydrogens (tertiary/aromatic N) is 2. The fourth-order valence-electron chi connectivity index (χ4n) is 2.07. The van der Waals surface area contributed by atoms with Crippen LogP contribution >= 0.6 is 11.6 Å². The maximum atomic E-state index is 13.6. The van der Waals surface area contributed by atoms with Crippen molar-refractivity contribution in [2.24, 2.45) is 0 Å². The number of anilines is 3. The monoisotopic (exact) mass is 378 g/mol. The molecule has 0 spiro atoms. The SMILES string of the molecule is O=C(Nc1c(F)cccc1F)c1cc(Nc2ccc(F)c(Cl)c2)ncn1. The second-order valence-corrected chi connectivity index (χ2v) is 5.50. The van der Waals surface area contributed by atoms with E-state index in [-0.39, 0.29) is 16.5 Å². The van der Waals surface area contributed by atoms with Gasteiger partial charge < -0.3 is 10.6 Å². The average molecular weight is 379 g/mol. The molecule has 2 N–H and O–H groups in total. The fourth-order valence-corrected chi connectivity index (χ4v) is 2.25. The number of para-hydroxylation sites is 1. The molecular formula is C17H10ClF3N4O. The summed E-state index contributed by atoms with van der Waals surface area (Å²) in [7, 11) is 0. The van der Waals surface area contributed by atoms with Crippen molar-refractivity contribution in [2.75, 3.05) is 10.6 Å². The van der Waals surface area contributed by atoms with Crippen LogP contribution in [0.15, 0.2) is 48.8 Å². The Bertz CT molecular complexity index is 964. The molecule has 2 aromatic carbocycles. The fraction of sp³-hybridized carbons (Fsp3) is 0. The molecule has 1 amide bonds. The molecule has 5 nitrogen and oxygen atoms in total. The molecule has 26 heavy (non-hydrogen) atoms. The average Bonchev–Trinajstić information content (AvgIpc) is 2.61. The summed E-state index contributed by atoms with van der Waals surface area (Å²) in [6.45, 7) is 0. The van der Waals surface area contributed by atoms with Crippen molar-refractivity contribution in [1.82, 2.24) is 9.97 Å². The maximum Gasteiger partial charge on any atom is 0.274 e. The maximum absolute atomic E-state index is 13.6. The Kier molecular flexibility index (Phi) is 5.04. The molecule has 0 unspecified atom stereocenters. The molecule has 0 fully saturated rings. The Morgan fingerprint density at radius 2 is 1.69 bits per heavy atom. The number of aromatic nitrogens is 2. The number of benzene rings is 2. The van der Waals surface area contributed by atoms with Crippen molar-refractivity contribution in [1.29, 1.82) is 0 Å². The van der Waals surface area contributed by atoms with E-state index in [4.69, 9.17) is 11.6 Å². The third-order valence-electron chi connectivity index (χ3n) is 3.29. The van der Waals surface area contributed by atoms with Crippen LogP contribution in [0.4, 0.5) is 30.4 Å². The largest absolute Gasteiger partial charge is 0.340 e. The molecule has 0 saturated heterocycles. The Labute approximate surface area is 150 Å². The van der Waals surface area contributed by atoms with Crippen LogP contribution in [0.1, 0.15) is 10.5 Å². The minimum atomic E-state index is -0.910. The van der Waals surface area contributed by atoms with Crippen LogP contribution in [0.5, 0.6) is 0 Å². The highest BCUT2D eigenvalue weighted by molar-refractivity contribution is 6.31.